The van der Waals surface area contributed by atoms with Crippen molar-refractivity contribution < 1.29 is 13.2 Å². The summed E-state index contributed by atoms with van der Waals surface area (Å²) < 4.78 is 28.5. The molecule has 2 aromatic rings. The zero-order valence-electron chi connectivity index (χ0n) is 16.9. The lowest BCUT2D eigenvalue weighted by atomic mass is 9.96. The number of halogens is 1. The molecule has 2 atom stereocenters. The number of sulfonamides is 1. The van der Waals surface area contributed by atoms with Gasteiger partial charge in [-0.05, 0) is 61.9 Å². The minimum atomic E-state index is -3.59. The van der Waals surface area contributed by atoms with Crippen LogP contribution in [0, 0.1) is 5.92 Å². The molecule has 2 unspecified atom stereocenters. The highest BCUT2D eigenvalue weighted by Crippen LogP contribution is 2.29. The Kier molecular flexibility index (Phi) is 6.60. The first-order chi connectivity index (χ1) is 14.4. The third-order valence-electron chi connectivity index (χ3n) is 6.16. The average Bonchev–Trinajstić information content (AvgIpc) is 3.22. The van der Waals surface area contributed by atoms with E-state index in [1.165, 1.54) is 9.87 Å². The third kappa shape index (κ3) is 4.63. The second-order valence-electron chi connectivity index (χ2n) is 8.17. The van der Waals surface area contributed by atoms with Crippen molar-refractivity contribution in [3.63, 3.8) is 0 Å². The fourth-order valence-electron chi connectivity index (χ4n) is 4.58. The molecule has 0 radical (unpaired) electrons. The largest absolute Gasteiger partial charge is 0.339 e. The number of piperidine rings is 1. The van der Waals surface area contributed by atoms with E-state index in [0.717, 1.165) is 36.7 Å². The van der Waals surface area contributed by atoms with Crippen molar-refractivity contribution in [2.75, 3.05) is 19.6 Å². The summed E-state index contributed by atoms with van der Waals surface area (Å²) in [6.45, 7) is 1.51. The SMILES string of the molecule is O=C(C1CCCN(S(=O)(=O)c2ccc(Br)cc2)C1)N1CCCC1Cc1ccccc1. The predicted molar refractivity (Wildman–Crippen MR) is 121 cm³/mol. The molecule has 160 valence electrons. The van der Waals surface area contributed by atoms with Crippen molar-refractivity contribution in [2.24, 2.45) is 5.92 Å². The second-order valence-corrected chi connectivity index (χ2v) is 11.0. The van der Waals surface area contributed by atoms with Gasteiger partial charge in [0.15, 0.2) is 0 Å². The summed E-state index contributed by atoms with van der Waals surface area (Å²) in [6, 6.07) is 17.2. The van der Waals surface area contributed by atoms with Crippen molar-refractivity contribution >= 4 is 31.9 Å². The van der Waals surface area contributed by atoms with Gasteiger partial charge in [-0.3, -0.25) is 4.79 Å². The topological polar surface area (TPSA) is 57.7 Å². The molecule has 4 rings (SSSR count). The van der Waals surface area contributed by atoms with Crippen LogP contribution in [0.25, 0.3) is 0 Å². The molecule has 2 aromatic carbocycles. The van der Waals surface area contributed by atoms with Gasteiger partial charge in [0.05, 0.1) is 10.8 Å². The predicted octanol–water partition coefficient (Wildman–Crippen LogP) is 4.08. The van der Waals surface area contributed by atoms with E-state index < -0.39 is 10.0 Å². The summed E-state index contributed by atoms with van der Waals surface area (Å²) >= 11 is 3.35. The molecule has 0 spiro atoms. The van der Waals surface area contributed by atoms with Gasteiger partial charge in [0.25, 0.3) is 0 Å². The summed E-state index contributed by atoms with van der Waals surface area (Å²) in [5.74, 6) is -0.149. The Labute approximate surface area is 187 Å². The van der Waals surface area contributed by atoms with Crippen molar-refractivity contribution in [3.8, 4) is 0 Å². The first-order valence-corrected chi connectivity index (χ1v) is 12.8. The fourth-order valence-corrected chi connectivity index (χ4v) is 6.36. The van der Waals surface area contributed by atoms with Crippen LogP contribution < -0.4 is 0 Å². The van der Waals surface area contributed by atoms with Gasteiger partial charge < -0.3 is 4.90 Å². The van der Waals surface area contributed by atoms with Gasteiger partial charge >= 0.3 is 0 Å². The zero-order chi connectivity index (χ0) is 21.1. The number of hydrogen-bond donors (Lipinski definition) is 0. The summed E-state index contributed by atoms with van der Waals surface area (Å²) in [4.78, 5) is 15.6. The lowest BCUT2D eigenvalue weighted by Crippen LogP contribution is -2.48. The van der Waals surface area contributed by atoms with Crippen LogP contribution in [0.15, 0.2) is 64.0 Å². The maximum absolute atomic E-state index is 13.4. The average molecular weight is 491 g/mol. The molecule has 2 fully saturated rings. The van der Waals surface area contributed by atoms with Crippen LogP contribution in [0.3, 0.4) is 0 Å². The smallest absolute Gasteiger partial charge is 0.243 e. The van der Waals surface area contributed by atoms with E-state index in [4.69, 9.17) is 0 Å². The molecule has 7 heteroatoms. The molecule has 2 aliphatic heterocycles. The van der Waals surface area contributed by atoms with E-state index in [0.29, 0.717) is 13.0 Å². The van der Waals surface area contributed by atoms with Crippen LogP contribution in [-0.4, -0.2) is 49.2 Å². The van der Waals surface area contributed by atoms with Gasteiger partial charge in [-0.25, -0.2) is 8.42 Å². The zero-order valence-corrected chi connectivity index (χ0v) is 19.3. The molecule has 0 saturated carbocycles. The minimum absolute atomic E-state index is 0.115. The number of likely N-dealkylation sites (tertiary alicyclic amines) is 1. The van der Waals surface area contributed by atoms with Gasteiger partial charge in [0.2, 0.25) is 15.9 Å². The Morgan fingerprint density at radius 1 is 0.967 bits per heavy atom. The number of benzene rings is 2. The number of nitrogens with zero attached hydrogens (tertiary/aromatic N) is 2. The Hall–Kier alpha value is -1.70. The van der Waals surface area contributed by atoms with Gasteiger partial charge in [0, 0.05) is 30.1 Å². The van der Waals surface area contributed by atoms with Crippen LogP contribution in [0.5, 0.6) is 0 Å². The Morgan fingerprint density at radius 2 is 1.67 bits per heavy atom. The number of amides is 1. The van der Waals surface area contributed by atoms with E-state index in [1.807, 2.05) is 23.1 Å². The quantitative estimate of drug-likeness (QED) is 0.634. The summed E-state index contributed by atoms with van der Waals surface area (Å²) in [5.41, 5.74) is 1.24. The monoisotopic (exact) mass is 490 g/mol. The first kappa shape index (κ1) is 21.5. The molecule has 2 saturated heterocycles. The molecule has 0 bridgehead atoms. The van der Waals surface area contributed by atoms with Gasteiger partial charge in [-0.2, -0.15) is 4.31 Å². The van der Waals surface area contributed by atoms with Gasteiger partial charge in [0.1, 0.15) is 0 Å². The normalized spacial score (nSPS) is 22.9. The third-order valence-corrected chi connectivity index (χ3v) is 8.57. The lowest BCUT2D eigenvalue weighted by molar-refractivity contribution is -0.137. The summed E-state index contributed by atoms with van der Waals surface area (Å²) in [6.07, 6.45) is 4.34. The molecule has 0 aromatic heterocycles. The molecular weight excluding hydrogens is 464 g/mol. The van der Waals surface area contributed by atoms with Crippen molar-refractivity contribution in [3.05, 3.63) is 64.6 Å². The number of hydrogen-bond acceptors (Lipinski definition) is 3. The highest BCUT2D eigenvalue weighted by molar-refractivity contribution is 9.10. The van der Waals surface area contributed by atoms with Crippen molar-refractivity contribution in [2.45, 2.75) is 43.0 Å². The first-order valence-electron chi connectivity index (χ1n) is 10.6. The highest BCUT2D eigenvalue weighted by atomic mass is 79.9. The molecule has 30 heavy (non-hydrogen) atoms. The van der Waals surface area contributed by atoms with E-state index in [-0.39, 0.29) is 29.3 Å². The van der Waals surface area contributed by atoms with Gasteiger partial charge in [-0.15, -0.1) is 0 Å². The van der Waals surface area contributed by atoms with E-state index in [9.17, 15) is 13.2 Å². The molecular formula is C23H27BrN2O3S. The minimum Gasteiger partial charge on any atom is -0.339 e. The maximum Gasteiger partial charge on any atom is 0.243 e. The maximum atomic E-state index is 13.4. The van der Waals surface area contributed by atoms with Crippen LogP contribution in [-0.2, 0) is 21.2 Å². The summed E-state index contributed by atoms with van der Waals surface area (Å²) in [7, 11) is -3.59. The van der Waals surface area contributed by atoms with Crippen LogP contribution in [0.4, 0.5) is 0 Å². The molecule has 2 aliphatic rings. The lowest BCUT2D eigenvalue weighted by Gasteiger charge is -2.35. The van der Waals surface area contributed by atoms with Crippen molar-refractivity contribution in [1.82, 2.24) is 9.21 Å². The fraction of sp³-hybridized carbons (Fsp3) is 0.435. The number of rotatable bonds is 5. The van der Waals surface area contributed by atoms with Crippen LogP contribution in [0.2, 0.25) is 0 Å². The van der Waals surface area contributed by atoms with Crippen LogP contribution in [0.1, 0.15) is 31.2 Å². The number of carbonyl (C=O) groups is 1. The Bertz CT molecular complexity index is 979. The molecule has 2 heterocycles. The molecule has 5 nitrogen and oxygen atoms in total. The van der Waals surface area contributed by atoms with Crippen molar-refractivity contribution in [1.29, 1.82) is 0 Å². The summed E-state index contributed by atoms with van der Waals surface area (Å²) in [5, 5.41) is 0. The van der Waals surface area contributed by atoms with E-state index >= 15 is 0 Å². The molecule has 1 amide bonds. The van der Waals surface area contributed by atoms with E-state index in [1.54, 1.807) is 24.3 Å². The van der Waals surface area contributed by atoms with Gasteiger partial charge in [-0.1, -0.05) is 46.3 Å². The highest BCUT2D eigenvalue weighted by Gasteiger charge is 2.38. The Balaban J connectivity index is 1.46. The Morgan fingerprint density at radius 3 is 2.40 bits per heavy atom. The number of carbonyl (C=O) groups excluding carboxylic acids is 1. The molecule has 0 aliphatic carbocycles. The molecule has 0 N–H and O–H groups in total. The standard InChI is InChI=1S/C23H27BrN2O3S/c24-20-10-12-22(13-11-20)30(28,29)25-14-4-8-19(17-25)23(27)26-15-5-9-21(26)16-18-6-2-1-3-7-18/h1-3,6-7,10-13,19,21H,4-5,8-9,14-17H2. The van der Waals surface area contributed by atoms with Crippen LogP contribution >= 0.6 is 15.9 Å². The van der Waals surface area contributed by atoms with E-state index in [2.05, 4.69) is 28.1 Å². The second kappa shape index (κ2) is 9.20.